The second-order valence-corrected chi connectivity index (χ2v) is 6.59. The van der Waals surface area contributed by atoms with Crippen LogP contribution in [0.2, 0.25) is 0 Å². The average molecular weight is 394 g/mol. The third-order valence-electron chi connectivity index (χ3n) is 5.15. The van der Waals surface area contributed by atoms with Gasteiger partial charge in [-0.2, -0.15) is 0 Å². The number of nitrogens with zero attached hydrogens (tertiary/aromatic N) is 2. The van der Waals surface area contributed by atoms with Gasteiger partial charge in [0.2, 0.25) is 0 Å². The molecular weight excluding hydrogens is 368 g/mol. The van der Waals surface area contributed by atoms with Crippen LogP contribution >= 0.6 is 24.8 Å². The SMILES string of the molecule is Cl.Cl.O=[N+]([O-])c1ccc(F)cc1[C@@H](C1CCCCC1)N1CCNCC1. The number of hydrogen-bond acceptors (Lipinski definition) is 4. The summed E-state index contributed by atoms with van der Waals surface area (Å²) in [7, 11) is 0. The van der Waals surface area contributed by atoms with Crippen molar-refractivity contribution in [1.29, 1.82) is 0 Å². The molecule has 1 heterocycles. The van der Waals surface area contributed by atoms with Gasteiger partial charge in [-0.1, -0.05) is 19.3 Å². The molecule has 0 amide bonds. The topological polar surface area (TPSA) is 58.4 Å². The highest BCUT2D eigenvalue weighted by atomic mass is 35.5. The Morgan fingerprint density at radius 2 is 1.80 bits per heavy atom. The van der Waals surface area contributed by atoms with E-state index in [0.29, 0.717) is 11.5 Å². The number of nitrogens with one attached hydrogen (secondary N) is 1. The molecule has 1 N–H and O–H groups in total. The first-order valence-electron chi connectivity index (χ1n) is 8.55. The Bertz CT molecular complexity index is 547. The molecule has 25 heavy (non-hydrogen) atoms. The summed E-state index contributed by atoms with van der Waals surface area (Å²) in [5.74, 6) is -0.0103. The number of halogens is 3. The molecule has 1 aromatic carbocycles. The zero-order chi connectivity index (χ0) is 16.2. The molecule has 2 aliphatic rings. The van der Waals surface area contributed by atoms with Gasteiger partial charge in [0.1, 0.15) is 5.82 Å². The standard InChI is InChI=1S/C17H24FN3O2.2ClH/c18-14-6-7-16(21(22)23)15(12-14)17(13-4-2-1-3-5-13)20-10-8-19-9-11-20;;/h6-7,12-13,17,19H,1-5,8-11H2;2*1H/t17-;;/m1../s1. The Morgan fingerprint density at radius 3 is 2.40 bits per heavy atom. The maximum atomic E-state index is 13.9. The molecule has 5 nitrogen and oxygen atoms in total. The largest absolute Gasteiger partial charge is 0.314 e. The zero-order valence-electron chi connectivity index (χ0n) is 14.2. The molecule has 1 aliphatic heterocycles. The molecule has 142 valence electrons. The molecule has 0 unspecified atom stereocenters. The molecule has 8 heteroatoms. The van der Waals surface area contributed by atoms with Gasteiger partial charge in [0.05, 0.1) is 10.5 Å². The minimum atomic E-state index is -0.387. The molecule has 1 atom stereocenters. The monoisotopic (exact) mass is 393 g/mol. The Kier molecular flexibility index (Phi) is 9.07. The molecule has 1 saturated carbocycles. The number of hydrogen-bond donors (Lipinski definition) is 1. The van der Waals surface area contributed by atoms with Gasteiger partial charge in [-0.15, -0.1) is 24.8 Å². The first kappa shape index (κ1) is 22.1. The smallest absolute Gasteiger partial charge is 0.274 e. The minimum Gasteiger partial charge on any atom is -0.314 e. The summed E-state index contributed by atoms with van der Waals surface area (Å²) < 4.78 is 13.9. The van der Waals surface area contributed by atoms with E-state index in [1.807, 2.05) is 0 Å². The summed E-state index contributed by atoms with van der Waals surface area (Å²) in [6, 6.07) is 3.85. The van der Waals surface area contributed by atoms with E-state index >= 15 is 0 Å². The fourth-order valence-electron chi connectivity index (χ4n) is 4.09. The summed E-state index contributed by atoms with van der Waals surface area (Å²) in [5.41, 5.74) is 0.615. The Balaban J connectivity index is 0.00000156. The van der Waals surface area contributed by atoms with Crippen molar-refractivity contribution in [1.82, 2.24) is 10.2 Å². The first-order valence-corrected chi connectivity index (χ1v) is 8.55. The number of nitro groups is 1. The summed E-state index contributed by atoms with van der Waals surface area (Å²) in [6.45, 7) is 3.47. The van der Waals surface area contributed by atoms with Gasteiger partial charge < -0.3 is 5.32 Å². The lowest BCUT2D eigenvalue weighted by Crippen LogP contribution is -2.47. The van der Waals surface area contributed by atoms with E-state index in [1.165, 1.54) is 24.6 Å². The van der Waals surface area contributed by atoms with Gasteiger partial charge in [0.25, 0.3) is 5.69 Å². The maximum absolute atomic E-state index is 13.9. The van der Waals surface area contributed by atoms with Gasteiger partial charge >= 0.3 is 0 Å². The molecule has 0 spiro atoms. The molecule has 2 fully saturated rings. The van der Waals surface area contributed by atoms with Crippen molar-refractivity contribution in [2.45, 2.75) is 38.1 Å². The van der Waals surface area contributed by atoms with Gasteiger partial charge in [-0.3, -0.25) is 15.0 Å². The van der Waals surface area contributed by atoms with E-state index in [4.69, 9.17) is 0 Å². The minimum absolute atomic E-state index is 0. The van der Waals surface area contributed by atoms with Crippen LogP contribution in [0.15, 0.2) is 18.2 Å². The molecule has 0 bridgehead atoms. The Hall–Kier alpha value is -0.950. The quantitative estimate of drug-likeness (QED) is 0.617. The van der Waals surface area contributed by atoms with Crippen molar-refractivity contribution in [3.8, 4) is 0 Å². The number of benzene rings is 1. The van der Waals surface area contributed by atoms with Crippen LogP contribution in [0.5, 0.6) is 0 Å². The van der Waals surface area contributed by atoms with Crippen LogP contribution in [0.4, 0.5) is 10.1 Å². The highest BCUT2D eigenvalue weighted by molar-refractivity contribution is 5.85. The summed E-state index contributed by atoms with van der Waals surface area (Å²) in [6.07, 6.45) is 5.70. The lowest BCUT2D eigenvalue weighted by atomic mass is 9.79. The lowest BCUT2D eigenvalue weighted by molar-refractivity contribution is -0.386. The van der Waals surface area contributed by atoms with Gasteiger partial charge in [0.15, 0.2) is 0 Å². The second-order valence-electron chi connectivity index (χ2n) is 6.59. The normalized spacial score (nSPS) is 20.2. The average Bonchev–Trinajstić information content (AvgIpc) is 2.57. The molecule has 0 radical (unpaired) electrons. The van der Waals surface area contributed by atoms with E-state index < -0.39 is 0 Å². The maximum Gasteiger partial charge on any atom is 0.274 e. The van der Waals surface area contributed by atoms with Crippen LogP contribution in [0.25, 0.3) is 0 Å². The Morgan fingerprint density at radius 1 is 1.16 bits per heavy atom. The van der Waals surface area contributed by atoms with Crippen LogP contribution in [-0.4, -0.2) is 36.0 Å². The number of nitro benzene ring substituents is 1. The lowest BCUT2D eigenvalue weighted by Gasteiger charge is -2.40. The van der Waals surface area contributed by atoms with E-state index in [2.05, 4.69) is 10.2 Å². The van der Waals surface area contributed by atoms with Gasteiger partial charge in [-0.05, 0) is 30.9 Å². The zero-order valence-corrected chi connectivity index (χ0v) is 15.8. The summed E-state index contributed by atoms with van der Waals surface area (Å²) in [5, 5.41) is 14.8. The van der Waals surface area contributed by atoms with E-state index in [1.54, 1.807) is 0 Å². The summed E-state index contributed by atoms with van der Waals surface area (Å²) in [4.78, 5) is 13.4. The predicted molar refractivity (Wildman–Crippen MR) is 101 cm³/mol. The van der Waals surface area contributed by atoms with Crippen molar-refractivity contribution in [3.63, 3.8) is 0 Å². The first-order chi connectivity index (χ1) is 11.2. The van der Waals surface area contributed by atoms with Crippen LogP contribution in [0.1, 0.15) is 43.7 Å². The van der Waals surface area contributed by atoms with Crippen molar-refractivity contribution in [3.05, 3.63) is 39.7 Å². The molecule has 1 saturated heterocycles. The number of piperazine rings is 1. The van der Waals surface area contributed by atoms with E-state index in [0.717, 1.165) is 51.9 Å². The molecular formula is C17H26Cl2FN3O2. The molecule has 1 aromatic rings. The highest BCUT2D eigenvalue weighted by Gasteiger charge is 2.35. The fourth-order valence-corrected chi connectivity index (χ4v) is 4.09. The predicted octanol–water partition coefficient (Wildman–Crippen LogP) is 4.10. The summed E-state index contributed by atoms with van der Waals surface area (Å²) >= 11 is 0. The third kappa shape index (κ3) is 5.26. The molecule has 0 aromatic heterocycles. The molecule has 1 aliphatic carbocycles. The van der Waals surface area contributed by atoms with Gasteiger partial charge in [0, 0.05) is 38.3 Å². The van der Waals surface area contributed by atoms with Crippen LogP contribution in [0.3, 0.4) is 0 Å². The van der Waals surface area contributed by atoms with E-state index in [-0.39, 0.29) is 47.3 Å². The second kappa shape index (κ2) is 10.3. The fraction of sp³-hybridized carbons (Fsp3) is 0.647. The van der Waals surface area contributed by atoms with Crippen LogP contribution in [-0.2, 0) is 0 Å². The number of rotatable bonds is 4. The van der Waals surface area contributed by atoms with Crippen molar-refractivity contribution < 1.29 is 9.31 Å². The van der Waals surface area contributed by atoms with Crippen LogP contribution < -0.4 is 5.32 Å². The highest BCUT2D eigenvalue weighted by Crippen LogP contribution is 2.41. The van der Waals surface area contributed by atoms with Crippen LogP contribution in [0, 0.1) is 21.8 Å². The van der Waals surface area contributed by atoms with Gasteiger partial charge in [-0.25, -0.2) is 4.39 Å². The van der Waals surface area contributed by atoms with E-state index in [9.17, 15) is 14.5 Å². The molecule has 3 rings (SSSR count). The van der Waals surface area contributed by atoms with Crippen molar-refractivity contribution >= 4 is 30.5 Å². The van der Waals surface area contributed by atoms with Crippen molar-refractivity contribution in [2.24, 2.45) is 5.92 Å². The van der Waals surface area contributed by atoms with Crippen molar-refractivity contribution in [2.75, 3.05) is 26.2 Å². The Labute approximate surface area is 160 Å². The third-order valence-corrected chi connectivity index (χ3v) is 5.15.